The van der Waals surface area contributed by atoms with E-state index < -0.39 is 0 Å². The van der Waals surface area contributed by atoms with Crippen LogP contribution in [0, 0.1) is 0 Å². The van der Waals surface area contributed by atoms with Crippen molar-refractivity contribution in [3.05, 3.63) is 44.8 Å². The van der Waals surface area contributed by atoms with Gasteiger partial charge in [-0.3, -0.25) is 4.79 Å². The fourth-order valence-corrected chi connectivity index (χ4v) is 5.11. The molecule has 0 aromatic carbocycles. The first-order chi connectivity index (χ1) is 9.34. The van der Waals surface area contributed by atoms with Gasteiger partial charge in [0.2, 0.25) is 0 Å². The molecule has 5 heteroatoms. The predicted molar refractivity (Wildman–Crippen MR) is 84.4 cm³/mol. The minimum absolute atomic E-state index is 0.189. The van der Waals surface area contributed by atoms with Crippen LogP contribution in [0.15, 0.2) is 34.3 Å². The van der Waals surface area contributed by atoms with Gasteiger partial charge < -0.3 is 4.90 Å². The van der Waals surface area contributed by atoms with Crippen molar-refractivity contribution in [2.24, 2.45) is 0 Å². The van der Waals surface area contributed by atoms with E-state index in [9.17, 15) is 4.79 Å². The van der Waals surface area contributed by atoms with Crippen LogP contribution >= 0.6 is 34.4 Å². The number of carbonyl (C=O) groups excluding carboxylic acids is 1. The maximum absolute atomic E-state index is 12.3. The molecule has 0 unspecified atom stereocenters. The molecule has 3 heterocycles. The van der Waals surface area contributed by atoms with E-state index in [2.05, 4.69) is 17.5 Å². The molecule has 2 aromatic heterocycles. The summed E-state index contributed by atoms with van der Waals surface area (Å²) in [6, 6.07) is 6.24. The zero-order chi connectivity index (χ0) is 13.1. The molecule has 1 saturated heterocycles. The van der Waals surface area contributed by atoms with E-state index in [1.54, 1.807) is 11.3 Å². The van der Waals surface area contributed by atoms with Gasteiger partial charge in [0, 0.05) is 34.3 Å². The second-order valence-electron chi connectivity index (χ2n) is 4.47. The second kappa shape index (κ2) is 6.11. The highest BCUT2D eigenvalue weighted by Gasteiger charge is 2.23. The fraction of sp³-hybridized carbons (Fsp3) is 0.357. The molecule has 1 fully saturated rings. The van der Waals surface area contributed by atoms with E-state index in [1.807, 2.05) is 44.8 Å². The van der Waals surface area contributed by atoms with Gasteiger partial charge in [0.15, 0.2) is 0 Å². The van der Waals surface area contributed by atoms with E-state index in [-0.39, 0.29) is 5.91 Å². The molecular weight excluding hydrogens is 294 g/mol. The molecule has 1 atom stereocenters. The normalized spacial score (nSPS) is 20.2. The standard InChI is InChI=1S/C14H15NOS3/c16-14(11-4-8-17-10-11)15-5-3-13(19-9-6-15)12-2-1-7-18-12/h1-2,4,7-8,10,13H,3,5-6,9H2/t13-/m0/s1. The Morgan fingerprint density at radius 3 is 2.95 bits per heavy atom. The van der Waals surface area contributed by atoms with Crippen LogP contribution in [0.4, 0.5) is 0 Å². The summed E-state index contributed by atoms with van der Waals surface area (Å²) in [4.78, 5) is 15.8. The van der Waals surface area contributed by atoms with Gasteiger partial charge in [-0.25, -0.2) is 0 Å². The first-order valence-electron chi connectivity index (χ1n) is 6.31. The van der Waals surface area contributed by atoms with Crippen molar-refractivity contribution in [3.8, 4) is 0 Å². The summed E-state index contributed by atoms with van der Waals surface area (Å²) in [5.74, 6) is 1.21. The molecule has 1 aliphatic rings. The van der Waals surface area contributed by atoms with Crippen LogP contribution in [-0.2, 0) is 0 Å². The van der Waals surface area contributed by atoms with Crippen LogP contribution in [0.25, 0.3) is 0 Å². The number of amides is 1. The van der Waals surface area contributed by atoms with Crippen molar-refractivity contribution < 1.29 is 4.79 Å². The Balaban J connectivity index is 1.66. The molecule has 2 aromatic rings. The Labute approximate surface area is 125 Å². The first-order valence-corrected chi connectivity index (χ1v) is 9.18. The average molecular weight is 309 g/mol. The van der Waals surface area contributed by atoms with Crippen molar-refractivity contribution in [2.75, 3.05) is 18.8 Å². The van der Waals surface area contributed by atoms with Gasteiger partial charge in [0.25, 0.3) is 5.91 Å². The van der Waals surface area contributed by atoms with Crippen molar-refractivity contribution in [3.63, 3.8) is 0 Å². The Morgan fingerprint density at radius 2 is 2.21 bits per heavy atom. The van der Waals surface area contributed by atoms with Gasteiger partial charge in [-0.15, -0.1) is 11.3 Å². The summed E-state index contributed by atoms with van der Waals surface area (Å²) in [6.45, 7) is 1.73. The molecule has 19 heavy (non-hydrogen) atoms. The SMILES string of the molecule is O=C(c1ccsc1)N1CCS[C@H](c2cccs2)CC1. The molecule has 0 saturated carbocycles. The molecule has 3 rings (SSSR count). The zero-order valence-corrected chi connectivity index (χ0v) is 12.9. The molecule has 0 spiro atoms. The van der Waals surface area contributed by atoms with Crippen LogP contribution in [0.2, 0.25) is 0 Å². The lowest BCUT2D eigenvalue weighted by atomic mass is 10.2. The molecule has 2 nitrogen and oxygen atoms in total. The highest BCUT2D eigenvalue weighted by Crippen LogP contribution is 2.36. The first kappa shape index (κ1) is 13.2. The van der Waals surface area contributed by atoms with Gasteiger partial charge in [0.1, 0.15) is 0 Å². The van der Waals surface area contributed by atoms with E-state index in [4.69, 9.17) is 0 Å². The quantitative estimate of drug-likeness (QED) is 0.831. The number of carbonyl (C=O) groups is 1. The molecule has 0 bridgehead atoms. The summed E-state index contributed by atoms with van der Waals surface area (Å²) in [5.41, 5.74) is 0.838. The monoisotopic (exact) mass is 309 g/mol. The maximum atomic E-state index is 12.3. The van der Waals surface area contributed by atoms with Gasteiger partial charge in [-0.1, -0.05) is 6.07 Å². The van der Waals surface area contributed by atoms with Gasteiger partial charge >= 0.3 is 0 Å². The summed E-state index contributed by atoms with van der Waals surface area (Å²) >= 11 is 5.39. The molecular formula is C14H15NOS3. The Bertz CT molecular complexity index is 521. The Hall–Kier alpha value is -0.780. The lowest BCUT2D eigenvalue weighted by Crippen LogP contribution is -2.32. The number of thioether (sulfide) groups is 1. The third kappa shape index (κ3) is 3.04. The van der Waals surface area contributed by atoms with Gasteiger partial charge in [-0.2, -0.15) is 23.1 Å². The van der Waals surface area contributed by atoms with Crippen LogP contribution in [0.5, 0.6) is 0 Å². The third-order valence-electron chi connectivity index (χ3n) is 3.26. The van der Waals surface area contributed by atoms with E-state index in [0.717, 1.165) is 30.8 Å². The number of hydrogen-bond acceptors (Lipinski definition) is 4. The highest BCUT2D eigenvalue weighted by molar-refractivity contribution is 7.99. The van der Waals surface area contributed by atoms with Crippen molar-refractivity contribution in [2.45, 2.75) is 11.7 Å². The minimum Gasteiger partial charge on any atom is -0.338 e. The van der Waals surface area contributed by atoms with Crippen molar-refractivity contribution in [1.82, 2.24) is 4.90 Å². The van der Waals surface area contributed by atoms with Gasteiger partial charge in [0.05, 0.1) is 5.56 Å². The van der Waals surface area contributed by atoms with Crippen LogP contribution in [0.3, 0.4) is 0 Å². The van der Waals surface area contributed by atoms with Crippen LogP contribution < -0.4 is 0 Å². The molecule has 0 aliphatic carbocycles. The third-order valence-corrected chi connectivity index (χ3v) is 6.39. The van der Waals surface area contributed by atoms with Crippen LogP contribution in [-0.4, -0.2) is 29.6 Å². The largest absolute Gasteiger partial charge is 0.338 e. The molecule has 1 aliphatic heterocycles. The summed E-state index contributed by atoms with van der Waals surface area (Å²) < 4.78 is 0. The Morgan fingerprint density at radius 1 is 1.26 bits per heavy atom. The van der Waals surface area contributed by atoms with Crippen LogP contribution in [0.1, 0.15) is 26.9 Å². The molecule has 0 radical (unpaired) electrons. The number of hydrogen-bond donors (Lipinski definition) is 0. The fourth-order valence-electron chi connectivity index (χ4n) is 2.24. The minimum atomic E-state index is 0.189. The number of nitrogens with zero attached hydrogens (tertiary/aromatic N) is 1. The summed E-state index contributed by atoms with van der Waals surface area (Å²) in [7, 11) is 0. The second-order valence-corrected chi connectivity index (χ2v) is 7.54. The topological polar surface area (TPSA) is 20.3 Å². The van der Waals surface area contributed by atoms with E-state index in [0.29, 0.717) is 5.25 Å². The van der Waals surface area contributed by atoms with Crippen molar-refractivity contribution in [1.29, 1.82) is 0 Å². The lowest BCUT2D eigenvalue weighted by molar-refractivity contribution is 0.0767. The predicted octanol–water partition coefficient (Wildman–Crippen LogP) is 4.13. The molecule has 1 amide bonds. The molecule has 100 valence electrons. The highest BCUT2D eigenvalue weighted by atomic mass is 32.2. The lowest BCUT2D eigenvalue weighted by Gasteiger charge is -2.19. The van der Waals surface area contributed by atoms with Gasteiger partial charge in [-0.05, 0) is 29.3 Å². The zero-order valence-electron chi connectivity index (χ0n) is 10.5. The van der Waals surface area contributed by atoms with E-state index >= 15 is 0 Å². The smallest absolute Gasteiger partial charge is 0.254 e. The van der Waals surface area contributed by atoms with E-state index in [1.165, 1.54) is 4.88 Å². The maximum Gasteiger partial charge on any atom is 0.254 e. The summed E-state index contributed by atoms with van der Waals surface area (Å²) in [5, 5.41) is 6.60. The van der Waals surface area contributed by atoms with Crippen molar-refractivity contribution >= 4 is 40.3 Å². The molecule has 0 N–H and O–H groups in total. The number of thiophene rings is 2. The average Bonchev–Trinajstić information content (AvgIpc) is 3.08. The summed E-state index contributed by atoms with van der Waals surface area (Å²) in [6.07, 6.45) is 1.06. The number of rotatable bonds is 2. The Kier molecular flexibility index (Phi) is 4.25.